The van der Waals surface area contributed by atoms with Crippen LogP contribution in [0.5, 0.6) is 5.75 Å². The number of aryl methyl sites for hydroxylation is 1. The lowest BCUT2D eigenvalue weighted by Crippen LogP contribution is -2.03. The first-order valence-electron chi connectivity index (χ1n) is 9.18. The Morgan fingerprint density at radius 1 is 1.19 bits per heavy atom. The van der Waals surface area contributed by atoms with E-state index in [4.69, 9.17) is 27.9 Å². The van der Waals surface area contributed by atoms with Gasteiger partial charge in [0.25, 0.3) is 0 Å². The van der Waals surface area contributed by atoms with E-state index in [9.17, 15) is 13.2 Å². The number of rotatable bonds is 7. The average molecular weight is 479 g/mol. The molecule has 1 aromatic heterocycles. The number of allylic oxidation sites excluding steroid dienone is 1. The van der Waals surface area contributed by atoms with Crippen molar-refractivity contribution in [2.45, 2.75) is 18.4 Å². The summed E-state index contributed by atoms with van der Waals surface area (Å²) in [6, 6.07) is 11.6. The third kappa shape index (κ3) is 5.18. The number of nitrogens with zero attached hydrogens (tertiary/aromatic N) is 2. The van der Waals surface area contributed by atoms with Crippen molar-refractivity contribution in [1.82, 2.24) is 9.78 Å². The molecule has 0 aliphatic rings. The van der Waals surface area contributed by atoms with E-state index in [0.29, 0.717) is 28.0 Å². The van der Waals surface area contributed by atoms with Gasteiger partial charge in [-0.3, -0.25) is 4.79 Å². The van der Waals surface area contributed by atoms with Gasteiger partial charge in [0.15, 0.2) is 15.6 Å². The van der Waals surface area contributed by atoms with E-state index in [1.54, 1.807) is 23.7 Å². The van der Waals surface area contributed by atoms with Crippen LogP contribution in [0.1, 0.15) is 27.2 Å². The van der Waals surface area contributed by atoms with Gasteiger partial charge < -0.3 is 4.74 Å². The number of halogens is 2. The van der Waals surface area contributed by atoms with Crippen LogP contribution in [0.4, 0.5) is 0 Å². The smallest absolute Gasteiger partial charge is 0.185 e. The molecule has 6 nitrogen and oxygen atoms in total. The zero-order valence-corrected chi connectivity index (χ0v) is 19.4. The quantitative estimate of drug-likeness (QED) is 0.358. The first kappa shape index (κ1) is 23.1. The van der Waals surface area contributed by atoms with Crippen molar-refractivity contribution in [2.24, 2.45) is 0 Å². The van der Waals surface area contributed by atoms with E-state index >= 15 is 0 Å². The first-order chi connectivity index (χ1) is 14.6. The maximum atomic E-state index is 12.6. The number of carbonyl (C=O) groups is 1. The normalized spacial score (nSPS) is 11.8. The van der Waals surface area contributed by atoms with E-state index in [1.165, 1.54) is 31.4 Å². The first-order valence-corrected chi connectivity index (χ1v) is 11.8. The molecule has 0 fully saturated rings. The Kier molecular flexibility index (Phi) is 6.89. The molecule has 0 radical (unpaired) electrons. The summed E-state index contributed by atoms with van der Waals surface area (Å²) < 4.78 is 30.4. The molecule has 0 spiro atoms. The number of methoxy groups -OCH3 is 1. The maximum Gasteiger partial charge on any atom is 0.185 e. The topological polar surface area (TPSA) is 78.3 Å². The molecule has 0 saturated carbocycles. The second-order valence-corrected chi connectivity index (χ2v) is 9.62. The van der Waals surface area contributed by atoms with Gasteiger partial charge in [0.1, 0.15) is 15.8 Å². The number of benzene rings is 2. The van der Waals surface area contributed by atoms with E-state index in [-0.39, 0.29) is 22.0 Å². The van der Waals surface area contributed by atoms with Crippen molar-refractivity contribution in [3.8, 4) is 5.75 Å². The van der Waals surface area contributed by atoms with Gasteiger partial charge in [0, 0.05) is 22.4 Å². The fourth-order valence-corrected chi connectivity index (χ4v) is 4.35. The Bertz CT molecular complexity index is 1280. The predicted molar refractivity (Wildman–Crippen MR) is 122 cm³/mol. The van der Waals surface area contributed by atoms with E-state index < -0.39 is 9.84 Å². The fourth-order valence-electron chi connectivity index (χ4n) is 3.03. The van der Waals surface area contributed by atoms with Gasteiger partial charge in [-0.1, -0.05) is 41.4 Å². The molecule has 0 unspecified atom stereocenters. The summed E-state index contributed by atoms with van der Waals surface area (Å²) in [5, 5.41) is 5.44. The number of carbonyl (C=O) groups excluding carboxylic acids is 1. The zero-order valence-electron chi connectivity index (χ0n) is 17.1. The maximum absolute atomic E-state index is 12.6. The summed E-state index contributed by atoms with van der Waals surface area (Å²) in [6.07, 6.45) is 4.04. The lowest BCUT2D eigenvalue weighted by molar-refractivity contribution is 0.104. The number of ether oxygens (including phenoxy) is 1. The number of hydrogen-bond acceptors (Lipinski definition) is 5. The molecular formula is C22H20Cl2N2O4S. The van der Waals surface area contributed by atoms with Crippen LogP contribution in [-0.2, 0) is 16.4 Å². The van der Waals surface area contributed by atoms with Gasteiger partial charge in [0.05, 0.1) is 19.3 Å². The Morgan fingerprint density at radius 2 is 1.90 bits per heavy atom. The van der Waals surface area contributed by atoms with Gasteiger partial charge in [-0.25, -0.2) is 13.1 Å². The van der Waals surface area contributed by atoms with Gasteiger partial charge in [-0.15, -0.1) is 0 Å². The fraction of sp³-hybridized carbons (Fsp3) is 0.182. The lowest BCUT2D eigenvalue weighted by Gasteiger charge is -2.08. The van der Waals surface area contributed by atoms with Crippen molar-refractivity contribution in [3.05, 3.63) is 81.1 Å². The summed E-state index contributed by atoms with van der Waals surface area (Å²) in [5.41, 5.74) is 2.43. The molecular weight excluding hydrogens is 459 g/mol. The number of ketones is 1. The Hall–Kier alpha value is -2.61. The van der Waals surface area contributed by atoms with Crippen LogP contribution in [0.15, 0.2) is 53.4 Å². The minimum Gasteiger partial charge on any atom is -0.495 e. The van der Waals surface area contributed by atoms with Crippen molar-refractivity contribution in [2.75, 3.05) is 13.4 Å². The molecule has 0 atom stereocenters. The third-order valence-electron chi connectivity index (χ3n) is 4.64. The Balaban J connectivity index is 1.86. The summed E-state index contributed by atoms with van der Waals surface area (Å²) in [5.74, 6) is -0.212. The summed E-state index contributed by atoms with van der Waals surface area (Å²) >= 11 is 12.7. The van der Waals surface area contributed by atoms with Crippen LogP contribution in [0.2, 0.25) is 10.2 Å². The second-order valence-electron chi connectivity index (χ2n) is 6.87. The van der Waals surface area contributed by atoms with Crippen molar-refractivity contribution >= 4 is 44.9 Å². The van der Waals surface area contributed by atoms with Crippen LogP contribution in [0.25, 0.3) is 6.08 Å². The Morgan fingerprint density at radius 3 is 2.55 bits per heavy atom. The van der Waals surface area contributed by atoms with Crippen molar-refractivity contribution in [1.29, 1.82) is 0 Å². The molecule has 0 aliphatic heterocycles. The molecule has 9 heteroatoms. The average Bonchev–Trinajstić information content (AvgIpc) is 2.99. The number of hydrogen-bond donors (Lipinski definition) is 0. The SMILES string of the molecule is COc1cc(C(=O)/C=C/c2c(C)nn(Cc3ccccc3Cl)c2Cl)ccc1S(C)(=O)=O. The van der Waals surface area contributed by atoms with Crippen molar-refractivity contribution in [3.63, 3.8) is 0 Å². The molecule has 0 N–H and O–H groups in total. The molecule has 3 aromatic rings. The molecule has 0 bridgehead atoms. The molecule has 2 aromatic carbocycles. The van der Waals surface area contributed by atoms with Crippen LogP contribution in [0, 0.1) is 6.92 Å². The highest BCUT2D eigenvalue weighted by Crippen LogP contribution is 2.27. The molecule has 162 valence electrons. The molecule has 31 heavy (non-hydrogen) atoms. The Labute approximate surface area is 191 Å². The summed E-state index contributed by atoms with van der Waals surface area (Å²) in [6.45, 7) is 2.19. The third-order valence-corrected chi connectivity index (χ3v) is 6.54. The molecule has 1 heterocycles. The largest absolute Gasteiger partial charge is 0.495 e. The van der Waals surface area contributed by atoms with Crippen LogP contribution >= 0.6 is 23.2 Å². The number of aromatic nitrogens is 2. The van der Waals surface area contributed by atoms with E-state index in [1.807, 2.05) is 18.2 Å². The minimum atomic E-state index is -3.47. The highest BCUT2D eigenvalue weighted by molar-refractivity contribution is 7.90. The molecule has 3 rings (SSSR count). The summed E-state index contributed by atoms with van der Waals surface area (Å²) in [4.78, 5) is 12.7. The van der Waals surface area contributed by atoms with E-state index in [0.717, 1.165) is 11.8 Å². The van der Waals surface area contributed by atoms with E-state index in [2.05, 4.69) is 5.10 Å². The van der Waals surface area contributed by atoms with Gasteiger partial charge in [0.2, 0.25) is 0 Å². The van der Waals surface area contributed by atoms with Gasteiger partial charge >= 0.3 is 0 Å². The molecule has 0 amide bonds. The molecule has 0 aliphatic carbocycles. The van der Waals surface area contributed by atoms with Crippen LogP contribution in [0.3, 0.4) is 0 Å². The van der Waals surface area contributed by atoms with Gasteiger partial charge in [-0.2, -0.15) is 5.10 Å². The summed E-state index contributed by atoms with van der Waals surface area (Å²) in [7, 11) is -2.12. The highest BCUT2D eigenvalue weighted by Gasteiger charge is 2.17. The van der Waals surface area contributed by atoms with Gasteiger partial charge in [-0.05, 0) is 48.9 Å². The number of sulfone groups is 1. The zero-order chi connectivity index (χ0) is 22.8. The second kappa shape index (κ2) is 9.26. The minimum absolute atomic E-state index is 0.0234. The lowest BCUT2D eigenvalue weighted by atomic mass is 10.1. The van der Waals surface area contributed by atoms with Crippen molar-refractivity contribution < 1.29 is 17.9 Å². The van der Waals surface area contributed by atoms with Crippen LogP contribution < -0.4 is 4.74 Å². The highest BCUT2D eigenvalue weighted by atomic mass is 35.5. The van der Waals surface area contributed by atoms with Crippen LogP contribution in [-0.4, -0.2) is 37.3 Å². The molecule has 0 saturated heterocycles. The standard InChI is InChI=1S/C22H20Cl2N2O4S/c1-14-17(22(24)26(25-14)13-16-6-4-5-7-18(16)23)9-10-19(27)15-8-11-21(31(3,28)29)20(12-15)30-2/h4-12H,13H2,1-3H3/b10-9+. The monoisotopic (exact) mass is 478 g/mol. The predicted octanol–water partition coefficient (Wildman–Crippen LogP) is 4.85.